The van der Waals surface area contributed by atoms with Gasteiger partial charge in [0.25, 0.3) is 0 Å². The number of oxime groups is 1. The molecule has 2 unspecified atom stereocenters. The SMILES string of the molecule is Fc1cccc(C#CCO/N=C2/CN3CCC2C3)c1. The highest BCUT2D eigenvalue weighted by molar-refractivity contribution is 5.91. The molecule has 98 valence electrons. The molecule has 0 radical (unpaired) electrons. The highest BCUT2D eigenvalue weighted by Gasteiger charge is 2.35. The third kappa shape index (κ3) is 2.94. The molecule has 0 N–H and O–H groups in total. The van der Waals surface area contributed by atoms with Crippen molar-refractivity contribution >= 4 is 5.71 Å². The van der Waals surface area contributed by atoms with E-state index >= 15 is 0 Å². The van der Waals surface area contributed by atoms with Gasteiger partial charge in [-0.15, -0.1) is 0 Å². The zero-order valence-electron chi connectivity index (χ0n) is 10.6. The van der Waals surface area contributed by atoms with Crippen LogP contribution in [0.4, 0.5) is 4.39 Å². The standard InChI is InChI=1S/C15H15FN2O/c16-14-5-1-3-12(9-14)4-2-8-19-17-15-11-18-7-6-13(15)10-18/h1,3,5,9,13H,6-8,10-11H2/b17-15-. The third-order valence-corrected chi connectivity index (χ3v) is 3.51. The Morgan fingerprint density at radius 2 is 2.42 bits per heavy atom. The summed E-state index contributed by atoms with van der Waals surface area (Å²) in [6.07, 6.45) is 1.19. The van der Waals surface area contributed by atoms with Gasteiger partial charge in [0.1, 0.15) is 5.82 Å². The monoisotopic (exact) mass is 258 g/mol. The summed E-state index contributed by atoms with van der Waals surface area (Å²) in [6, 6.07) is 6.22. The molecule has 2 fully saturated rings. The van der Waals surface area contributed by atoms with Gasteiger partial charge in [0.15, 0.2) is 6.61 Å². The Kier molecular flexibility index (Phi) is 3.47. The van der Waals surface area contributed by atoms with E-state index in [1.807, 2.05) is 0 Å². The maximum Gasteiger partial charge on any atom is 0.177 e. The molecule has 2 atom stereocenters. The lowest BCUT2D eigenvalue weighted by atomic mass is 10.0. The second-order valence-corrected chi connectivity index (χ2v) is 4.89. The lowest BCUT2D eigenvalue weighted by molar-refractivity contribution is 0.177. The number of nitrogens with zero attached hydrogens (tertiary/aromatic N) is 2. The predicted octanol–water partition coefficient (Wildman–Crippen LogP) is 1.89. The van der Waals surface area contributed by atoms with E-state index in [2.05, 4.69) is 21.9 Å². The van der Waals surface area contributed by atoms with Crippen molar-refractivity contribution in [2.24, 2.45) is 11.1 Å². The van der Waals surface area contributed by atoms with Crippen LogP contribution in [0.25, 0.3) is 0 Å². The Labute approximate surface area is 112 Å². The highest BCUT2D eigenvalue weighted by atomic mass is 19.1. The van der Waals surface area contributed by atoms with E-state index in [0.717, 1.165) is 18.8 Å². The zero-order chi connectivity index (χ0) is 13.1. The maximum absolute atomic E-state index is 12.9. The van der Waals surface area contributed by atoms with Crippen LogP contribution in [0.5, 0.6) is 0 Å². The Hall–Kier alpha value is -1.86. The number of halogens is 1. The van der Waals surface area contributed by atoms with Crippen LogP contribution in [-0.2, 0) is 4.84 Å². The molecule has 1 aromatic rings. The van der Waals surface area contributed by atoms with Crippen LogP contribution in [0.2, 0.25) is 0 Å². The van der Waals surface area contributed by atoms with E-state index < -0.39 is 0 Å². The molecule has 4 heteroatoms. The first-order valence-corrected chi connectivity index (χ1v) is 6.47. The van der Waals surface area contributed by atoms with Crippen LogP contribution >= 0.6 is 0 Å². The molecule has 19 heavy (non-hydrogen) atoms. The number of fused-ring (bicyclic) bond motifs is 2. The molecule has 1 aromatic carbocycles. The fraction of sp³-hybridized carbons (Fsp3) is 0.400. The van der Waals surface area contributed by atoms with E-state index in [4.69, 9.17) is 4.84 Å². The van der Waals surface area contributed by atoms with Gasteiger partial charge in [0.05, 0.1) is 5.71 Å². The number of rotatable bonds is 2. The van der Waals surface area contributed by atoms with Gasteiger partial charge < -0.3 is 4.84 Å². The van der Waals surface area contributed by atoms with Crippen LogP contribution in [0.3, 0.4) is 0 Å². The number of benzene rings is 1. The van der Waals surface area contributed by atoms with Crippen molar-refractivity contribution in [2.75, 3.05) is 26.2 Å². The fourth-order valence-corrected chi connectivity index (χ4v) is 2.56. The van der Waals surface area contributed by atoms with Crippen molar-refractivity contribution < 1.29 is 9.23 Å². The minimum Gasteiger partial charge on any atom is -0.383 e. The molecule has 0 aliphatic carbocycles. The molecule has 3 rings (SSSR count). The van der Waals surface area contributed by atoms with Gasteiger partial charge in [0, 0.05) is 24.6 Å². The highest BCUT2D eigenvalue weighted by Crippen LogP contribution is 2.25. The predicted molar refractivity (Wildman–Crippen MR) is 71.2 cm³/mol. The summed E-state index contributed by atoms with van der Waals surface area (Å²) >= 11 is 0. The number of hydrogen-bond donors (Lipinski definition) is 0. The molecule has 2 aliphatic rings. The van der Waals surface area contributed by atoms with Crippen LogP contribution < -0.4 is 0 Å². The zero-order valence-corrected chi connectivity index (χ0v) is 10.6. The second kappa shape index (κ2) is 5.41. The molecule has 2 aliphatic heterocycles. The Balaban J connectivity index is 1.50. The van der Waals surface area contributed by atoms with Gasteiger partial charge in [-0.05, 0) is 31.2 Å². The first kappa shape index (κ1) is 12.2. The maximum atomic E-state index is 12.9. The van der Waals surface area contributed by atoms with Crippen LogP contribution in [-0.4, -0.2) is 36.9 Å². The minimum absolute atomic E-state index is 0.243. The van der Waals surface area contributed by atoms with Crippen molar-refractivity contribution in [1.29, 1.82) is 0 Å². The summed E-state index contributed by atoms with van der Waals surface area (Å²) in [4.78, 5) is 7.60. The smallest absolute Gasteiger partial charge is 0.177 e. The van der Waals surface area contributed by atoms with Gasteiger partial charge in [-0.25, -0.2) is 4.39 Å². The van der Waals surface area contributed by atoms with E-state index in [1.54, 1.807) is 12.1 Å². The molecule has 0 saturated carbocycles. The molecule has 2 saturated heterocycles. The van der Waals surface area contributed by atoms with E-state index in [1.165, 1.54) is 25.1 Å². The molecule has 0 amide bonds. The summed E-state index contributed by atoms with van der Waals surface area (Å²) in [7, 11) is 0. The summed E-state index contributed by atoms with van der Waals surface area (Å²) in [5.74, 6) is 5.99. The van der Waals surface area contributed by atoms with Gasteiger partial charge in [-0.1, -0.05) is 23.1 Å². The Morgan fingerprint density at radius 1 is 1.47 bits per heavy atom. The molecule has 0 aromatic heterocycles. The number of hydrogen-bond acceptors (Lipinski definition) is 3. The molecule has 2 heterocycles. The van der Waals surface area contributed by atoms with E-state index in [9.17, 15) is 4.39 Å². The van der Waals surface area contributed by atoms with E-state index in [0.29, 0.717) is 11.5 Å². The Bertz CT molecular complexity index is 559. The second-order valence-electron chi connectivity index (χ2n) is 4.89. The lowest BCUT2D eigenvalue weighted by Gasteiger charge is -2.12. The van der Waals surface area contributed by atoms with Crippen molar-refractivity contribution in [1.82, 2.24) is 4.90 Å². The quantitative estimate of drug-likeness (QED) is 0.460. The molecule has 2 bridgehead atoms. The summed E-state index contributed by atoms with van der Waals surface area (Å²) in [5, 5.41) is 4.15. The molecular weight excluding hydrogens is 243 g/mol. The number of piperidine rings is 1. The average molecular weight is 258 g/mol. The van der Waals surface area contributed by atoms with Crippen molar-refractivity contribution in [3.63, 3.8) is 0 Å². The molecule has 3 nitrogen and oxygen atoms in total. The van der Waals surface area contributed by atoms with Crippen molar-refractivity contribution in [2.45, 2.75) is 6.42 Å². The average Bonchev–Trinajstić information content (AvgIpc) is 3.01. The molecular formula is C15H15FN2O. The fourth-order valence-electron chi connectivity index (χ4n) is 2.56. The first-order valence-electron chi connectivity index (χ1n) is 6.47. The van der Waals surface area contributed by atoms with Crippen molar-refractivity contribution in [3.05, 3.63) is 35.6 Å². The van der Waals surface area contributed by atoms with Crippen LogP contribution in [0.15, 0.2) is 29.4 Å². The minimum atomic E-state index is -0.274. The van der Waals surface area contributed by atoms with Crippen LogP contribution in [0.1, 0.15) is 12.0 Å². The first-order chi connectivity index (χ1) is 9.31. The summed E-state index contributed by atoms with van der Waals surface area (Å²) in [6.45, 7) is 3.48. The third-order valence-electron chi connectivity index (χ3n) is 3.51. The van der Waals surface area contributed by atoms with Gasteiger partial charge in [-0.2, -0.15) is 0 Å². The van der Waals surface area contributed by atoms with Gasteiger partial charge in [-0.3, -0.25) is 4.90 Å². The largest absolute Gasteiger partial charge is 0.383 e. The van der Waals surface area contributed by atoms with Gasteiger partial charge >= 0.3 is 0 Å². The summed E-state index contributed by atoms with van der Waals surface area (Å²) in [5.41, 5.74) is 1.79. The normalized spacial score (nSPS) is 26.3. The van der Waals surface area contributed by atoms with E-state index in [-0.39, 0.29) is 12.4 Å². The summed E-state index contributed by atoms with van der Waals surface area (Å²) < 4.78 is 12.9. The van der Waals surface area contributed by atoms with Crippen LogP contribution in [0, 0.1) is 23.6 Å². The van der Waals surface area contributed by atoms with Gasteiger partial charge in [0.2, 0.25) is 0 Å². The molecule has 0 spiro atoms. The lowest BCUT2D eigenvalue weighted by Crippen LogP contribution is -2.23. The Morgan fingerprint density at radius 3 is 3.16 bits per heavy atom. The van der Waals surface area contributed by atoms with Crippen molar-refractivity contribution in [3.8, 4) is 11.8 Å². The topological polar surface area (TPSA) is 24.8 Å².